The molecule has 0 unspecified atom stereocenters. The van der Waals surface area contributed by atoms with Gasteiger partial charge in [0.15, 0.2) is 16.5 Å². The van der Waals surface area contributed by atoms with Crippen LogP contribution in [0, 0.1) is 13.8 Å². The van der Waals surface area contributed by atoms with Crippen molar-refractivity contribution in [3.8, 4) is 10.8 Å². The molecule has 0 aliphatic carbocycles. The number of carbonyl (C=O) groups excluding carboxylic acids is 2. The van der Waals surface area contributed by atoms with Gasteiger partial charge < -0.3 is 14.5 Å². The van der Waals surface area contributed by atoms with Crippen molar-refractivity contribution in [1.82, 2.24) is 9.97 Å². The molecule has 0 atom stereocenters. The van der Waals surface area contributed by atoms with Crippen molar-refractivity contribution in [1.29, 1.82) is 0 Å². The number of nitrogens with one attached hydrogen (secondary N) is 1. The Balaban J connectivity index is 1.33. The zero-order valence-corrected chi connectivity index (χ0v) is 18.5. The van der Waals surface area contributed by atoms with Gasteiger partial charge >= 0.3 is 5.97 Å². The number of aromatic nitrogens is 2. The van der Waals surface area contributed by atoms with E-state index in [0.29, 0.717) is 21.5 Å². The summed E-state index contributed by atoms with van der Waals surface area (Å²) >= 11 is 2.73. The Morgan fingerprint density at radius 1 is 1.13 bits per heavy atom. The van der Waals surface area contributed by atoms with E-state index in [4.69, 9.17) is 9.15 Å². The van der Waals surface area contributed by atoms with Gasteiger partial charge in [0.05, 0.1) is 18.4 Å². The van der Waals surface area contributed by atoms with Gasteiger partial charge in [0.2, 0.25) is 5.91 Å². The second-order valence-electron chi connectivity index (χ2n) is 6.75. The summed E-state index contributed by atoms with van der Waals surface area (Å²) in [7, 11) is 0. The van der Waals surface area contributed by atoms with Crippen LogP contribution in [0.25, 0.3) is 10.8 Å². The molecule has 31 heavy (non-hydrogen) atoms. The maximum atomic E-state index is 12.4. The molecule has 1 aromatic carbocycles. The molecule has 0 spiro atoms. The Kier molecular flexibility index (Phi) is 6.24. The third-order valence-corrected chi connectivity index (χ3v) is 6.29. The highest BCUT2D eigenvalue weighted by atomic mass is 32.1. The summed E-state index contributed by atoms with van der Waals surface area (Å²) in [5, 5.41) is 5.96. The normalized spacial score (nSPS) is 10.8. The fourth-order valence-corrected chi connectivity index (χ4v) is 4.49. The molecule has 0 aliphatic rings. The van der Waals surface area contributed by atoms with Crippen LogP contribution < -0.4 is 5.32 Å². The number of furan rings is 1. The van der Waals surface area contributed by atoms with Crippen LogP contribution in [0.1, 0.15) is 31.6 Å². The second kappa shape index (κ2) is 9.23. The summed E-state index contributed by atoms with van der Waals surface area (Å²) in [6.07, 6.45) is 1.72. The molecule has 1 N–H and O–H groups in total. The smallest absolute Gasteiger partial charge is 0.358 e. The minimum absolute atomic E-state index is 0.0157. The molecule has 3 heterocycles. The molecular formula is C22H19N3O4S2. The first-order valence-corrected chi connectivity index (χ1v) is 11.2. The fraction of sp³-hybridized carbons (Fsp3) is 0.182. The molecule has 4 aromatic rings. The molecule has 0 radical (unpaired) electrons. The van der Waals surface area contributed by atoms with Gasteiger partial charge in [0.25, 0.3) is 0 Å². The van der Waals surface area contributed by atoms with Crippen LogP contribution in [0.15, 0.2) is 52.5 Å². The first-order chi connectivity index (χ1) is 15.0. The first-order valence-electron chi connectivity index (χ1n) is 9.47. The van der Waals surface area contributed by atoms with Gasteiger partial charge in [-0.3, -0.25) is 4.79 Å². The van der Waals surface area contributed by atoms with E-state index in [0.717, 1.165) is 16.1 Å². The number of esters is 1. The standard InChI is InChI=1S/C22H19N3O4S2/c1-13-6-3-4-7-16(13)24-18(26)10-19-23-15(12-30-19)11-29-22(27)20-14(2)31-21(25-20)17-8-5-9-28-17/h3-9,12H,10-11H2,1-2H3,(H,24,26). The van der Waals surface area contributed by atoms with Crippen molar-refractivity contribution in [2.24, 2.45) is 0 Å². The Morgan fingerprint density at radius 3 is 2.74 bits per heavy atom. The number of thiazole rings is 2. The van der Waals surface area contributed by atoms with E-state index < -0.39 is 5.97 Å². The molecule has 0 bridgehead atoms. The van der Waals surface area contributed by atoms with E-state index in [1.54, 1.807) is 23.8 Å². The summed E-state index contributed by atoms with van der Waals surface area (Å²) in [6, 6.07) is 11.2. The summed E-state index contributed by atoms with van der Waals surface area (Å²) in [5.74, 6) is -0.0468. The van der Waals surface area contributed by atoms with Crippen LogP contribution in [-0.4, -0.2) is 21.8 Å². The van der Waals surface area contributed by atoms with Gasteiger partial charge in [-0.2, -0.15) is 0 Å². The number of amides is 1. The van der Waals surface area contributed by atoms with Crippen LogP contribution in [0.3, 0.4) is 0 Å². The SMILES string of the molecule is Cc1ccccc1NC(=O)Cc1nc(COC(=O)c2nc(-c3ccco3)sc2C)cs1. The number of hydrogen-bond acceptors (Lipinski definition) is 8. The first kappa shape index (κ1) is 21.0. The second-order valence-corrected chi connectivity index (χ2v) is 8.90. The van der Waals surface area contributed by atoms with Crippen LogP contribution >= 0.6 is 22.7 Å². The maximum absolute atomic E-state index is 12.4. The number of para-hydroxylation sites is 1. The number of anilines is 1. The van der Waals surface area contributed by atoms with E-state index in [1.807, 2.05) is 38.1 Å². The van der Waals surface area contributed by atoms with E-state index in [1.165, 1.54) is 22.7 Å². The number of nitrogens with zero attached hydrogens (tertiary/aromatic N) is 2. The summed E-state index contributed by atoms with van der Waals surface area (Å²) in [5.41, 5.74) is 2.64. The van der Waals surface area contributed by atoms with Crippen molar-refractivity contribution >= 4 is 40.2 Å². The quantitative estimate of drug-likeness (QED) is 0.395. The Bertz CT molecular complexity index is 1210. The largest absolute Gasteiger partial charge is 0.462 e. The molecule has 1 amide bonds. The molecule has 0 aliphatic heterocycles. The molecule has 0 saturated heterocycles. The van der Waals surface area contributed by atoms with E-state index in [-0.39, 0.29) is 24.6 Å². The lowest BCUT2D eigenvalue weighted by molar-refractivity contribution is -0.115. The molecule has 158 valence electrons. The Hall–Kier alpha value is -3.30. The summed E-state index contributed by atoms with van der Waals surface area (Å²) in [4.78, 5) is 34.2. The maximum Gasteiger partial charge on any atom is 0.358 e. The lowest BCUT2D eigenvalue weighted by atomic mass is 10.2. The van der Waals surface area contributed by atoms with E-state index >= 15 is 0 Å². The Labute approximate surface area is 186 Å². The Morgan fingerprint density at radius 2 is 1.97 bits per heavy atom. The summed E-state index contributed by atoms with van der Waals surface area (Å²) in [6.45, 7) is 3.77. The zero-order chi connectivity index (χ0) is 21.8. The minimum atomic E-state index is -0.515. The van der Waals surface area contributed by atoms with Crippen molar-refractivity contribution in [2.75, 3.05) is 5.32 Å². The number of ether oxygens (including phenoxy) is 1. The summed E-state index contributed by atoms with van der Waals surface area (Å²) < 4.78 is 10.7. The van der Waals surface area contributed by atoms with Crippen molar-refractivity contribution in [3.05, 3.63) is 74.9 Å². The lowest BCUT2D eigenvalue weighted by Crippen LogP contribution is -2.15. The predicted molar refractivity (Wildman–Crippen MR) is 119 cm³/mol. The van der Waals surface area contributed by atoms with Crippen LogP contribution in [-0.2, 0) is 22.6 Å². The van der Waals surface area contributed by atoms with Gasteiger partial charge in [-0.15, -0.1) is 22.7 Å². The molecule has 9 heteroatoms. The van der Waals surface area contributed by atoms with Gasteiger partial charge in [0, 0.05) is 15.9 Å². The highest BCUT2D eigenvalue weighted by Gasteiger charge is 2.19. The highest BCUT2D eigenvalue weighted by molar-refractivity contribution is 7.15. The van der Waals surface area contributed by atoms with Crippen molar-refractivity contribution in [3.63, 3.8) is 0 Å². The molecule has 0 fully saturated rings. The number of benzene rings is 1. The highest BCUT2D eigenvalue weighted by Crippen LogP contribution is 2.28. The van der Waals surface area contributed by atoms with Crippen molar-refractivity contribution in [2.45, 2.75) is 26.9 Å². The molecule has 0 saturated carbocycles. The average Bonchev–Trinajstić information content (AvgIpc) is 3.49. The molecule has 7 nitrogen and oxygen atoms in total. The fourth-order valence-electron chi connectivity index (χ4n) is 2.84. The number of hydrogen-bond donors (Lipinski definition) is 1. The number of aryl methyl sites for hydroxylation is 2. The van der Waals surface area contributed by atoms with Crippen molar-refractivity contribution < 1.29 is 18.7 Å². The van der Waals surface area contributed by atoms with Gasteiger partial charge in [-0.05, 0) is 37.6 Å². The predicted octanol–water partition coefficient (Wildman–Crippen LogP) is 5.01. The number of rotatable bonds is 7. The van der Waals surface area contributed by atoms with Gasteiger partial charge in [0.1, 0.15) is 11.6 Å². The zero-order valence-electron chi connectivity index (χ0n) is 16.9. The molecule has 4 rings (SSSR count). The van der Waals surface area contributed by atoms with Gasteiger partial charge in [-0.25, -0.2) is 14.8 Å². The molecular weight excluding hydrogens is 434 g/mol. The molecule has 3 aromatic heterocycles. The minimum Gasteiger partial charge on any atom is -0.462 e. The third-order valence-electron chi connectivity index (χ3n) is 4.40. The lowest BCUT2D eigenvalue weighted by Gasteiger charge is -2.06. The van der Waals surface area contributed by atoms with E-state index in [2.05, 4.69) is 15.3 Å². The van der Waals surface area contributed by atoms with Gasteiger partial charge in [-0.1, -0.05) is 18.2 Å². The van der Waals surface area contributed by atoms with Crippen LogP contribution in [0.4, 0.5) is 5.69 Å². The third kappa shape index (κ3) is 5.07. The monoisotopic (exact) mass is 453 g/mol. The topological polar surface area (TPSA) is 94.3 Å². The van der Waals surface area contributed by atoms with Crippen LogP contribution in [0.5, 0.6) is 0 Å². The van der Waals surface area contributed by atoms with E-state index in [9.17, 15) is 9.59 Å². The number of carbonyl (C=O) groups is 2. The van der Waals surface area contributed by atoms with Crippen LogP contribution in [0.2, 0.25) is 0 Å². The average molecular weight is 454 g/mol.